The Bertz CT molecular complexity index is 835. The van der Waals surface area contributed by atoms with Crippen LogP contribution in [-0.4, -0.2) is 26.6 Å². The molecule has 1 aromatic carbocycles. The molecule has 1 aliphatic heterocycles. The lowest BCUT2D eigenvalue weighted by atomic mass is 9.90. The van der Waals surface area contributed by atoms with Gasteiger partial charge in [-0.15, -0.1) is 0 Å². The minimum atomic E-state index is -1.23. The van der Waals surface area contributed by atoms with Gasteiger partial charge >= 0.3 is 6.09 Å². The molecule has 0 aliphatic carbocycles. The molecule has 1 atom stereocenters. The van der Waals surface area contributed by atoms with E-state index in [2.05, 4.69) is 15.3 Å². The van der Waals surface area contributed by atoms with Crippen LogP contribution < -0.4 is 11.1 Å². The van der Waals surface area contributed by atoms with E-state index in [1.54, 1.807) is 17.7 Å². The molecule has 120 valence electrons. The lowest BCUT2D eigenvalue weighted by Crippen LogP contribution is -2.37. The van der Waals surface area contributed by atoms with Gasteiger partial charge in [0.15, 0.2) is 11.7 Å². The number of carboxylic acid groups (broad SMARTS) is 1. The smallest absolute Gasteiger partial charge is 0.409 e. The maximum Gasteiger partial charge on any atom is 0.409 e. The monoisotopic (exact) mass is 337 g/mol. The molecule has 4 N–H and O–H groups in total. The standard InChI is InChI=1S/C14H13ClFN5O2/c1-14(6-21-5-10(15)19-12(21)11(17)20-14)8-4-7(18-13(22)23)2-3-9(8)16/h2-5,18H,6H2,1H3,(H2,17,20)(H,22,23). The molecule has 0 saturated carbocycles. The summed E-state index contributed by atoms with van der Waals surface area (Å²) in [4.78, 5) is 19.2. The van der Waals surface area contributed by atoms with Gasteiger partial charge in [0.1, 0.15) is 16.5 Å². The van der Waals surface area contributed by atoms with Crippen molar-refractivity contribution < 1.29 is 14.3 Å². The fraction of sp³-hybridized carbons (Fsp3) is 0.214. The van der Waals surface area contributed by atoms with E-state index in [4.69, 9.17) is 22.4 Å². The van der Waals surface area contributed by atoms with Crippen molar-refractivity contribution in [1.82, 2.24) is 9.55 Å². The van der Waals surface area contributed by atoms with Crippen LogP contribution in [0, 0.1) is 5.82 Å². The van der Waals surface area contributed by atoms with Crippen LogP contribution in [0.1, 0.15) is 18.3 Å². The van der Waals surface area contributed by atoms with Gasteiger partial charge in [-0.25, -0.2) is 14.2 Å². The van der Waals surface area contributed by atoms with E-state index in [0.717, 1.165) is 0 Å². The average Bonchev–Trinajstić information content (AvgIpc) is 2.81. The third-order valence-corrected chi connectivity index (χ3v) is 3.80. The molecule has 0 fully saturated rings. The van der Waals surface area contributed by atoms with Gasteiger partial charge in [-0.3, -0.25) is 10.3 Å². The van der Waals surface area contributed by atoms with Crippen LogP contribution in [-0.2, 0) is 12.1 Å². The van der Waals surface area contributed by atoms with Gasteiger partial charge in [0.25, 0.3) is 0 Å². The van der Waals surface area contributed by atoms with Crippen molar-refractivity contribution in [1.29, 1.82) is 0 Å². The Balaban J connectivity index is 2.07. The lowest BCUT2D eigenvalue weighted by Gasteiger charge is -2.31. The highest BCUT2D eigenvalue weighted by Crippen LogP contribution is 2.35. The number of carbonyl (C=O) groups is 1. The fourth-order valence-electron chi connectivity index (χ4n) is 2.68. The molecular formula is C14H13ClFN5O2. The van der Waals surface area contributed by atoms with Gasteiger partial charge in [-0.2, -0.15) is 0 Å². The number of nitrogens with zero attached hydrogens (tertiary/aromatic N) is 3. The van der Waals surface area contributed by atoms with E-state index < -0.39 is 17.4 Å². The highest BCUT2D eigenvalue weighted by Gasteiger charge is 2.35. The van der Waals surface area contributed by atoms with E-state index in [9.17, 15) is 9.18 Å². The first kappa shape index (κ1) is 15.3. The van der Waals surface area contributed by atoms with Crippen molar-refractivity contribution in [2.45, 2.75) is 19.0 Å². The maximum atomic E-state index is 14.3. The second kappa shape index (κ2) is 5.24. The van der Waals surface area contributed by atoms with Crippen molar-refractivity contribution in [3.63, 3.8) is 0 Å². The second-order valence-corrected chi connectivity index (χ2v) is 5.80. The predicted molar refractivity (Wildman–Crippen MR) is 83.4 cm³/mol. The number of aromatic nitrogens is 2. The van der Waals surface area contributed by atoms with Gasteiger partial charge in [0.2, 0.25) is 0 Å². The number of aliphatic imine (C=N–C) groups is 1. The SMILES string of the molecule is CC1(c2cc(NC(=O)O)ccc2F)Cn2cc(Cl)nc2C(N)=N1. The molecule has 0 bridgehead atoms. The zero-order valence-electron chi connectivity index (χ0n) is 12.0. The summed E-state index contributed by atoms with van der Waals surface area (Å²) in [5.74, 6) is 0.0593. The van der Waals surface area contributed by atoms with Gasteiger partial charge in [0.05, 0.1) is 6.54 Å². The molecule has 9 heteroatoms. The van der Waals surface area contributed by atoms with Crippen LogP contribution in [0.15, 0.2) is 29.4 Å². The molecule has 1 unspecified atom stereocenters. The normalized spacial score (nSPS) is 19.9. The van der Waals surface area contributed by atoms with E-state index in [0.29, 0.717) is 5.82 Å². The van der Waals surface area contributed by atoms with Crippen LogP contribution >= 0.6 is 11.6 Å². The summed E-state index contributed by atoms with van der Waals surface area (Å²) >= 11 is 5.88. The summed E-state index contributed by atoms with van der Waals surface area (Å²) in [6.45, 7) is 1.98. The molecule has 0 radical (unpaired) electrons. The summed E-state index contributed by atoms with van der Waals surface area (Å²) < 4.78 is 16.0. The molecular weight excluding hydrogens is 325 g/mol. The topological polar surface area (TPSA) is 106 Å². The van der Waals surface area contributed by atoms with E-state index in [1.807, 2.05) is 0 Å². The number of rotatable bonds is 2. The molecule has 7 nitrogen and oxygen atoms in total. The highest BCUT2D eigenvalue weighted by molar-refractivity contribution is 6.29. The van der Waals surface area contributed by atoms with Gasteiger partial charge in [-0.1, -0.05) is 11.6 Å². The summed E-state index contributed by atoms with van der Waals surface area (Å²) in [5.41, 5.74) is 5.38. The Hall–Kier alpha value is -2.61. The molecule has 2 aromatic rings. The van der Waals surface area contributed by atoms with Crippen LogP contribution in [0.4, 0.5) is 14.9 Å². The first-order valence-electron chi connectivity index (χ1n) is 6.67. The Morgan fingerprint density at radius 2 is 2.30 bits per heavy atom. The number of hydrogen-bond donors (Lipinski definition) is 3. The van der Waals surface area contributed by atoms with Crippen molar-refractivity contribution in [3.05, 3.63) is 46.8 Å². The average molecular weight is 338 g/mol. The molecule has 0 saturated heterocycles. The number of nitrogens with two attached hydrogens (primary N) is 1. The molecule has 3 rings (SSSR count). The maximum absolute atomic E-state index is 14.3. The summed E-state index contributed by atoms with van der Waals surface area (Å²) in [6.07, 6.45) is 0.358. The Kier molecular flexibility index (Phi) is 3.48. The van der Waals surface area contributed by atoms with Crippen molar-refractivity contribution in [2.75, 3.05) is 5.32 Å². The minimum absolute atomic E-state index is 0.140. The zero-order valence-corrected chi connectivity index (χ0v) is 12.8. The summed E-state index contributed by atoms with van der Waals surface area (Å²) in [5, 5.41) is 11.3. The second-order valence-electron chi connectivity index (χ2n) is 5.41. The number of benzene rings is 1. The lowest BCUT2D eigenvalue weighted by molar-refractivity contribution is 0.209. The quantitative estimate of drug-likeness (QED) is 0.782. The van der Waals surface area contributed by atoms with Crippen molar-refractivity contribution in [3.8, 4) is 0 Å². The third kappa shape index (κ3) is 2.72. The number of nitrogens with one attached hydrogen (secondary N) is 1. The molecule has 0 spiro atoms. The number of imidazole rings is 1. The van der Waals surface area contributed by atoms with Gasteiger partial charge in [-0.05, 0) is 25.1 Å². The largest absolute Gasteiger partial charge is 0.465 e. The van der Waals surface area contributed by atoms with E-state index in [1.165, 1.54) is 18.2 Å². The van der Waals surface area contributed by atoms with Crippen LogP contribution in [0.5, 0.6) is 0 Å². The molecule has 1 aliphatic rings. The first-order valence-corrected chi connectivity index (χ1v) is 7.05. The number of amidine groups is 1. The summed E-state index contributed by atoms with van der Waals surface area (Å²) in [6, 6.07) is 3.93. The van der Waals surface area contributed by atoms with Crippen molar-refractivity contribution >= 4 is 29.2 Å². The number of hydrogen-bond acceptors (Lipinski definition) is 4. The van der Waals surface area contributed by atoms with E-state index >= 15 is 0 Å². The number of fused-ring (bicyclic) bond motifs is 1. The molecule has 23 heavy (non-hydrogen) atoms. The van der Waals surface area contributed by atoms with Gasteiger partial charge in [0, 0.05) is 17.4 Å². The number of amides is 1. The number of halogens is 2. The highest BCUT2D eigenvalue weighted by atomic mass is 35.5. The Labute approximate surface area is 135 Å². The first-order chi connectivity index (χ1) is 10.8. The van der Waals surface area contributed by atoms with E-state index in [-0.39, 0.29) is 28.8 Å². The Morgan fingerprint density at radius 1 is 1.57 bits per heavy atom. The summed E-state index contributed by atoms with van der Waals surface area (Å²) in [7, 11) is 0. The Morgan fingerprint density at radius 3 is 3.00 bits per heavy atom. The minimum Gasteiger partial charge on any atom is -0.465 e. The van der Waals surface area contributed by atoms with Crippen LogP contribution in [0.25, 0.3) is 0 Å². The number of anilines is 1. The molecule has 1 amide bonds. The van der Waals surface area contributed by atoms with Gasteiger partial charge < -0.3 is 15.4 Å². The third-order valence-electron chi connectivity index (χ3n) is 3.62. The zero-order chi connectivity index (χ0) is 16.8. The molecule has 2 heterocycles. The van der Waals surface area contributed by atoms with Crippen molar-refractivity contribution in [2.24, 2.45) is 10.7 Å². The van der Waals surface area contributed by atoms with Crippen LogP contribution in [0.3, 0.4) is 0 Å². The predicted octanol–water partition coefficient (Wildman–Crippen LogP) is 2.40. The van der Waals surface area contributed by atoms with Crippen LogP contribution in [0.2, 0.25) is 5.15 Å². The fourth-order valence-corrected chi connectivity index (χ4v) is 2.87. The molecule has 1 aromatic heterocycles.